The maximum absolute atomic E-state index is 12.6. The number of nitrogens with zero attached hydrogens (tertiary/aromatic N) is 2. The topological polar surface area (TPSA) is 60.2 Å². The highest BCUT2D eigenvalue weighted by Crippen LogP contribution is 2.30. The van der Waals surface area contributed by atoms with Gasteiger partial charge in [-0.25, -0.2) is 0 Å². The molecule has 8 heteroatoms. The van der Waals surface area contributed by atoms with Crippen LogP contribution in [0.5, 0.6) is 0 Å². The highest BCUT2D eigenvalue weighted by atomic mass is 19.4. The smallest absolute Gasteiger partial charge is 0.405 e. The van der Waals surface area contributed by atoms with E-state index in [1.54, 1.807) is 6.07 Å². The van der Waals surface area contributed by atoms with Crippen molar-refractivity contribution >= 4 is 6.01 Å². The van der Waals surface area contributed by atoms with Crippen LogP contribution in [0, 0.1) is 0 Å². The predicted octanol–water partition coefficient (Wildman–Crippen LogP) is 3.55. The van der Waals surface area contributed by atoms with E-state index in [1.807, 2.05) is 0 Å². The first-order valence-corrected chi connectivity index (χ1v) is 6.87. The molecule has 2 aromatic rings. The van der Waals surface area contributed by atoms with E-state index in [0.29, 0.717) is 18.1 Å². The Hall–Kier alpha value is -2.09. The number of aromatic nitrogens is 2. The molecule has 0 aliphatic carbocycles. The second-order valence-corrected chi connectivity index (χ2v) is 5.00. The van der Waals surface area contributed by atoms with Gasteiger partial charge in [-0.15, -0.1) is 5.10 Å². The Balaban J connectivity index is 1.63. The second-order valence-electron chi connectivity index (χ2n) is 5.00. The first kappa shape index (κ1) is 14.8. The molecule has 22 heavy (non-hydrogen) atoms. The summed E-state index contributed by atoms with van der Waals surface area (Å²) < 4.78 is 48.7. The summed E-state index contributed by atoms with van der Waals surface area (Å²) in [6.07, 6.45) is -2.76. The SMILES string of the molecule is FC(F)(F)c1cccc(CNc2nnc(C3CCCO3)o2)c1. The van der Waals surface area contributed by atoms with Crippen LogP contribution in [-0.2, 0) is 17.5 Å². The van der Waals surface area contributed by atoms with Crippen LogP contribution in [0.2, 0.25) is 0 Å². The summed E-state index contributed by atoms with van der Waals surface area (Å²) in [5.41, 5.74) is -0.205. The van der Waals surface area contributed by atoms with Crippen LogP contribution < -0.4 is 5.32 Å². The third-order valence-corrected chi connectivity index (χ3v) is 3.34. The Kier molecular flexibility index (Phi) is 4.02. The Morgan fingerprint density at radius 2 is 2.14 bits per heavy atom. The third kappa shape index (κ3) is 3.38. The van der Waals surface area contributed by atoms with Crippen molar-refractivity contribution in [2.24, 2.45) is 0 Å². The molecule has 2 heterocycles. The minimum absolute atomic E-state index is 0.164. The van der Waals surface area contributed by atoms with Crippen LogP contribution in [0.1, 0.15) is 36.0 Å². The standard InChI is InChI=1S/C14H14F3N3O2/c15-14(16,17)10-4-1-3-9(7-10)8-18-13-20-19-12(22-13)11-5-2-6-21-11/h1,3-4,7,11H,2,5-6,8H2,(H,18,20). The lowest BCUT2D eigenvalue weighted by atomic mass is 10.1. The van der Waals surface area contributed by atoms with Crippen molar-refractivity contribution in [3.63, 3.8) is 0 Å². The first-order valence-electron chi connectivity index (χ1n) is 6.87. The van der Waals surface area contributed by atoms with Gasteiger partial charge in [-0.1, -0.05) is 17.2 Å². The minimum atomic E-state index is -4.35. The van der Waals surface area contributed by atoms with E-state index >= 15 is 0 Å². The zero-order valence-corrected chi connectivity index (χ0v) is 11.6. The zero-order valence-electron chi connectivity index (χ0n) is 11.6. The normalized spacial score (nSPS) is 18.6. The fourth-order valence-corrected chi connectivity index (χ4v) is 2.24. The van der Waals surface area contributed by atoms with Gasteiger partial charge in [-0.3, -0.25) is 0 Å². The van der Waals surface area contributed by atoms with E-state index in [4.69, 9.17) is 9.15 Å². The molecule has 1 unspecified atom stereocenters. The number of hydrogen-bond donors (Lipinski definition) is 1. The summed E-state index contributed by atoms with van der Waals surface area (Å²) >= 11 is 0. The van der Waals surface area contributed by atoms with Gasteiger partial charge in [0.25, 0.3) is 0 Å². The highest BCUT2D eigenvalue weighted by Gasteiger charge is 2.30. The van der Waals surface area contributed by atoms with Crippen molar-refractivity contribution in [1.29, 1.82) is 0 Å². The number of hydrogen-bond acceptors (Lipinski definition) is 5. The number of alkyl halides is 3. The third-order valence-electron chi connectivity index (χ3n) is 3.34. The number of ether oxygens (including phenoxy) is 1. The van der Waals surface area contributed by atoms with E-state index in [9.17, 15) is 13.2 Å². The molecule has 1 aliphatic rings. The predicted molar refractivity (Wildman–Crippen MR) is 71.0 cm³/mol. The van der Waals surface area contributed by atoms with Gasteiger partial charge in [-0.2, -0.15) is 13.2 Å². The van der Waals surface area contributed by atoms with Crippen molar-refractivity contribution in [3.8, 4) is 0 Å². The number of halogens is 3. The Bertz CT molecular complexity index is 636. The molecule has 118 valence electrons. The lowest BCUT2D eigenvalue weighted by molar-refractivity contribution is -0.137. The summed E-state index contributed by atoms with van der Waals surface area (Å²) in [5.74, 6) is 0.393. The zero-order chi connectivity index (χ0) is 15.6. The van der Waals surface area contributed by atoms with Gasteiger partial charge in [0, 0.05) is 13.2 Å². The molecule has 0 spiro atoms. The van der Waals surface area contributed by atoms with Gasteiger partial charge in [0.05, 0.1) is 5.56 Å². The van der Waals surface area contributed by atoms with Crippen LogP contribution in [0.25, 0.3) is 0 Å². The molecule has 1 saturated heterocycles. The van der Waals surface area contributed by atoms with Crippen LogP contribution in [0.4, 0.5) is 19.2 Å². The summed E-state index contributed by atoms with van der Waals surface area (Å²) in [7, 11) is 0. The molecule has 5 nitrogen and oxygen atoms in total. The maximum Gasteiger partial charge on any atom is 0.416 e. The lowest BCUT2D eigenvalue weighted by Gasteiger charge is -2.08. The van der Waals surface area contributed by atoms with E-state index in [1.165, 1.54) is 6.07 Å². The summed E-state index contributed by atoms with van der Waals surface area (Å²) in [5, 5.41) is 10.5. The molecular formula is C14H14F3N3O2. The molecule has 1 atom stereocenters. The quantitative estimate of drug-likeness (QED) is 0.935. The largest absolute Gasteiger partial charge is 0.416 e. The fourth-order valence-electron chi connectivity index (χ4n) is 2.24. The van der Waals surface area contributed by atoms with Crippen LogP contribution >= 0.6 is 0 Å². The van der Waals surface area contributed by atoms with Crippen molar-refractivity contribution in [2.45, 2.75) is 31.7 Å². The van der Waals surface area contributed by atoms with Gasteiger partial charge >= 0.3 is 12.2 Å². The van der Waals surface area contributed by atoms with E-state index < -0.39 is 11.7 Å². The van der Waals surface area contributed by atoms with Crippen LogP contribution in [0.15, 0.2) is 28.7 Å². The highest BCUT2D eigenvalue weighted by molar-refractivity contribution is 5.29. The molecule has 3 rings (SSSR count). The average molecular weight is 313 g/mol. The molecular weight excluding hydrogens is 299 g/mol. The van der Waals surface area contributed by atoms with Gasteiger partial charge in [0.15, 0.2) is 0 Å². The summed E-state index contributed by atoms with van der Waals surface area (Å²) in [6, 6.07) is 5.25. The Labute approximate surface area is 124 Å². The Morgan fingerprint density at radius 3 is 2.86 bits per heavy atom. The van der Waals surface area contributed by atoms with Gasteiger partial charge < -0.3 is 14.5 Å². The molecule has 1 N–H and O–H groups in total. The number of rotatable bonds is 4. The molecule has 1 aromatic heterocycles. The maximum atomic E-state index is 12.6. The molecule has 1 aliphatic heterocycles. The first-order chi connectivity index (χ1) is 10.5. The van der Waals surface area contributed by atoms with E-state index in [2.05, 4.69) is 15.5 Å². The molecule has 0 bridgehead atoms. The number of nitrogens with one attached hydrogen (secondary N) is 1. The fraction of sp³-hybridized carbons (Fsp3) is 0.429. The van der Waals surface area contributed by atoms with E-state index in [0.717, 1.165) is 25.0 Å². The summed E-state index contributed by atoms with van der Waals surface area (Å²) in [6.45, 7) is 0.830. The van der Waals surface area contributed by atoms with E-state index in [-0.39, 0.29) is 18.7 Å². The molecule has 0 radical (unpaired) electrons. The monoisotopic (exact) mass is 313 g/mol. The summed E-state index contributed by atoms with van der Waals surface area (Å²) in [4.78, 5) is 0. The van der Waals surface area contributed by atoms with Crippen molar-refractivity contribution in [1.82, 2.24) is 10.2 Å². The van der Waals surface area contributed by atoms with Crippen LogP contribution in [0.3, 0.4) is 0 Å². The van der Waals surface area contributed by atoms with Gasteiger partial charge in [0.2, 0.25) is 5.89 Å². The lowest BCUT2D eigenvalue weighted by Crippen LogP contribution is -2.07. The second kappa shape index (κ2) is 5.96. The minimum Gasteiger partial charge on any atom is -0.405 e. The molecule has 1 fully saturated rings. The Morgan fingerprint density at radius 1 is 1.27 bits per heavy atom. The van der Waals surface area contributed by atoms with Gasteiger partial charge in [-0.05, 0) is 30.5 Å². The average Bonchev–Trinajstić information content (AvgIpc) is 3.15. The van der Waals surface area contributed by atoms with Crippen LogP contribution in [-0.4, -0.2) is 16.8 Å². The van der Waals surface area contributed by atoms with Crippen molar-refractivity contribution in [3.05, 3.63) is 41.3 Å². The van der Waals surface area contributed by atoms with Crippen molar-refractivity contribution in [2.75, 3.05) is 11.9 Å². The van der Waals surface area contributed by atoms with Crippen molar-refractivity contribution < 1.29 is 22.3 Å². The molecule has 1 aromatic carbocycles. The number of anilines is 1. The molecule has 0 saturated carbocycles. The number of benzene rings is 1. The molecule has 0 amide bonds. The van der Waals surface area contributed by atoms with Gasteiger partial charge in [0.1, 0.15) is 6.10 Å².